The molecule has 4 rings (SSSR count). The summed E-state index contributed by atoms with van der Waals surface area (Å²) in [6.45, 7) is 10.1. The number of carbonyl (C=O) groups is 2. The number of urea groups is 1. The molecule has 8 nitrogen and oxygen atoms in total. The molecule has 8 heteroatoms. The average Bonchev–Trinajstić information content (AvgIpc) is 3.16. The van der Waals surface area contributed by atoms with Crippen LogP contribution in [0.25, 0.3) is 0 Å². The standard InChI is InChI=1S/C23H34N6O2/c1-17(2)9-11-27-13-15-28(16-14-27)22-24-20-19(21(30)25-23(31)26(20)3)29(22)12-10-18-7-5-4-6-8-18/h4-8,17,19-20H,9-16H2,1-3H3,(H,25,30,31). The van der Waals surface area contributed by atoms with Crippen LogP contribution in [0.15, 0.2) is 35.3 Å². The van der Waals surface area contributed by atoms with E-state index in [1.807, 2.05) is 18.2 Å². The van der Waals surface area contributed by atoms with Gasteiger partial charge in [-0.25, -0.2) is 9.79 Å². The van der Waals surface area contributed by atoms with Crippen LogP contribution in [0.4, 0.5) is 4.79 Å². The van der Waals surface area contributed by atoms with E-state index in [1.165, 1.54) is 12.0 Å². The summed E-state index contributed by atoms with van der Waals surface area (Å²) in [7, 11) is 1.71. The molecule has 0 aliphatic carbocycles. The number of aliphatic imine (C=N–C) groups is 1. The lowest BCUT2D eigenvalue weighted by Gasteiger charge is -2.40. The van der Waals surface area contributed by atoms with Crippen molar-refractivity contribution in [3.05, 3.63) is 35.9 Å². The zero-order valence-electron chi connectivity index (χ0n) is 18.8. The Hall–Kier alpha value is -2.61. The molecule has 168 valence electrons. The lowest BCUT2D eigenvalue weighted by Crippen LogP contribution is -2.64. The van der Waals surface area contributed by atoms with E-state index in [0.717, 1.165) is 45.1 Å². The Morgan fingerprint density at radius 1 is 1.06 bits per heavy atom. The number of nitrogens with zero attached hydrogens (tertiary/aromatic N) is 5. The number of fused-ring (bicyclic) bond motifs is 1. The molecule has 2 unspecified atom stereocenters. The van der Waals surface area contributed by atoms with Crippen molar-refractivity contribution in [2.45, 2.75) is 38.9 Å². The average molecular weight is 427 g/mol. The molecule has 3 amide bonds. The Morgan fingerprint density at radius 2 is 1.77 bits per heavy atom. The van der Waals surface area contributed by atoms with Crippen LogP contribution in [0.2, 0.25) is 0 Å². The molecular formula is C23H34N6O2. The molecule has 0 bridgehead atoms. The largest absolute Gasteiger partial charge is 0.340 e. The van der Waals surface area contributed by atoms with E-state index in [-0.39, 0.29) is 11.9 Å². The third-order valence-corrected chi connectivity index (χ3v) is 6.50. The first kappa shape index (κ1) is 21.6. The minimum Gasteiger partial charge on any atom is -0.340 e. The number of likely N-dealkylation sites (N-methyl/N-ethyl adjacent to an activating group) is 1. The van der Waals surface area contributed by atoms with E-state index in [0.29, 0.717) is 12.5 Å². The number of amides is 3. The van der Waals surface area contributed by atoms with Crippen LogP contribution in [0.3, 0.4) is 0 Å². The SMILES string of the molecule is CC(C)CCN1CCN(C2=NC3C(C(=O)NC(=O)N3C)N2CCc2ccccc2)CC1. The zero-order chi connectivity index (χ0) is 22.0. The minimum atomic E-state index is -0.472. The second-order valence-corrected chi connectivity index (χ2v) is 9.13. The molecule has 1 N–H and O–H groups in total. The van der Waals surface area contributed by atoms with Crippen molar-refractivity contribution < 1.29 is 9.59 Å². The van der Waals surface area contributed by atoms with E-state index in [4.69, 9.17) is 4.99 Å². The Kier molecular flexibility index (Phi) is 6.46. The summed E-state index contributed by atoms with van der Waals surface area (Å²) in [5.74, 6) is 1.31. The molecule has 2 atom stereocenters. The number of imide groups is 1. The summed E-state index contributed by atoms with van der Waals surface area (Å²) in [6.07, 6.45) is 1.56. The van der Waals surface area contributed by atoms with Crippen LogP contribution < -0.4 is 5.32 Å². The second kappa shape index (κ2) is 9.26. The van der Waals surface area contributed by atoms with Crippen molar-refractivity contribution in [1.82, 2.24) is 24.9 Å². The van der Waals surface area contributed by atoms with Crippen molar-refractivity contribution in [3.63, 3.8) is 0 Å². The number of hydrogen-bond donors (Lipinski definition) is 1. The molecular weight excluding hydrogens is 392 g/mol. The molecule has 1 aromatic rings. The summed E-state index contributed by atoms with van der Waals surface area (Å²) in [4.78, 5) is 38.3. The van der Waals surface area contributed by atoms with Gasteiger partial charge >= 0.3 is 6.03 Å². The first-order valence-electron chi connectivity index (χ1n) is 11.4. The molecule has 0 radical (unpaired) electrons. The first-order chi connectivity index (χ1) is 14.9. The van der Waals surface area contributed by atoms with Crippen LogP contribution in [-0.2, 0) is 11.2 Å². The number of piperazine rings is 1. The number of hydrogen-bond acceptors (Lipinski definition) is 6. The van der Waals surface area contributed by atoms with Gasteiger partial charge in [-0.3, -0.25) is 15.0 Å². The molecule has 0 spiro atoms. The van der Waals surface area contributed by atoms with Crippen LogP contribution in [0.5, 0.6) is 0 Å². The molecule has 0 saturated carbocycles. The van der Waals surface area contributed by atoms with Gasteiger partial charge in [0.1, 0.15) is 0 Å². The number of benzene rings is 1. The van der Waals surface area contributed by atoms with Gasteiger partial charge in [0.05, 0.1) is 0 Å². The van der Waals surface area contributed by atoms with Gasteiger partial charge in [-0.2, -0.15) is 0 Å². The Bertz CT molecular complexity index is 819. The summed E-state index contributed by atoms with van der Waals surface area (Å²) in [5.41, 5.74) is 1.23. The fraction of sp³-hybridized carbons (Fsp3) is 0.609. The monoisotopic (exact) mass is 426 g/mol. The summed E-state index contributed by atoms with van der Waals surface area (Å²) >= 11 is 0. The zero-order valence-corrected chi connectivity index (χ0v) is 18.8. The highest BCUT2D eigenvalue weighted by Gasteiger charge is 2.49. The van der Waals surface area contributed by atoms with Gasteiger partial charge in [0, 0.05) is 39.8 Å². The molecule has 1 aromatic carbocycles. The van der Waals surface area contributed by atoms with Crippen molar-refractivity contribution >= 4 is 17.9 Å². The fourth-order valence-electron chi connectivity index (χ4n) is 4.52. The normalized spacial score (nSPS) is 24.5. The van der Waals surface area contributed by atoms with Gasteiger partial charge in [0.2, 0.25) is 0 Å². The number of nitrogens with one attached hydrogen (secondary N) is 1. The molecule has 31 heavy (non-hydrogen) atoms. The quantitative estimate of drug-likeness (QED) is 0.745. The van der Waals surface area contributed by atoms with E-state index in [2.05, 4.69) is 46.0 Å². The highest BCUT2D eigenvalue weighted by Crippen LogP contribution is 2.26. The Labute approximate surface area is 184 Å². The smallest absolute Gasteiger partial charge is 0.325 e. The third kappa shape index (κ3) is 4.69. The van der Waals surface area contributed by atoms with E-state index in [9.17, 15) is 9.59 Å². The van der Waals surface area contributed by atoms with Gasteiger partial charge in [0.25, 0.3) is 5.91 Å². The van der Waals surface area contributed by atoms with Gasteiger partial charge in [0.15, 0.2) is 18.2 Å². The molecule has 2 saturated heterocycles. The van der Waals surface area contributed by atoms with Crippen molar-refractivity contribution in [2.75, 3.05) is 46.3 Å². The maximum atomic E-state index is 12.8. The van der Waals surface area contributed by atoms with Gasteiger partial charge in [-0.1, -0.05) is 44.2 Å². The van der Waals surface area contributed by atoms with Gasteiger partial charge < -0.3 is 14.7 Å². The molecule has 3 aliphatic rings. The second-order valence-electron chi connectivity index (χ2n) is 9.13. The predicted molar refractivity (Wildman–Crippen MR) is 121 cm³/mol. The van der Waals surface area contributed by atoms with Crippen LogP contribution >= 0.6 is 0 Å². The van der Waals surface area contributed by atoms with Crippen molar-refractivity contribution in [3.8, 4) is 0 Å². The molecule has 0 aromatic heterocycles. The number of rotatable bonds is 6. The van der Waals surface area contributed by atoms with Crippen molar-refractivity contribution in [2.24, 2.45) is 10.9 Å². The van der Waals surface area contributed by atoms with Gasteiger partial charge in [-0.15, -0.1) is 0 Å². The van der Waals surface area contributed by atoms with Crippen LogP contribution in [0.1, 0.15) is 25.8 Å². The first-order valence-corrected chi connectivity index (χ1v) is 11.4. The summed E-state index contributed by atoms with van der Waals surface area (Å²) < 4.78 is 0. The predicted octanol–water partition coefficient (Wildman–Crippen LogP) is 1.44. The lowest BCUT2D eigenvalue weighted by molar-refractivity contribution is -0.127. The summed E-state index contributed by atoms with van der Waals surface area (Å²) in [6, 6.07) is 9.44. The van der Waals surface area contributed by atoms with Crippen LogP contribution in [-0.4, -0.2) is 96.0 Å². The minimum absolute atomic E-state index is 0.254. The highest BCUT2D eigenvalue weighted by molar-refractivity contribution is 6.03. The topological polar surface area (TPSA) is 71.5 Å². The maximum Gasteiger partial charge on any atom is 0.325 e. The van der Waals surface area contributed by atoms with Gasteiger partial charge in [-0.05, 0) is 30.9 Å². The highest BCUT2D eigenvalue weighted by atomic mass is 16.2. The van der Waals surface area contributed by atoms with E-state index >= 15 is 0 Å². The summed E-state index contributed by atoms with van der Waals surface area (Å²) in [5, 5.41) is 2.49. The lowest BCUT2D eigenvalue weighted by atomic mass is 10.1. The number of guanidine groups is 1. The molecule has 2 fully saturated rings. The van der Waals surface area contributed by atoms with E-state index < -0.39 is 12.2 Å². The van der Waals surface area contributed by atoms with Crippen LogP contribution in [0, 0.1) is 5.92 Å². The fourth-order valence-corrected chi connectivity index (χ4v) is 4.52. The molecule has 3 heterocycles. The maximum absolute atomic E-state index is 12.8. The Balaban J connectivity index is 1.49. The molecule has 3 aliphatic heterocycles. The van der Waals surface area contributed by atoms with Crippen molar-refractivity contribution in [1.29, 1.82) is 0 Å². The Morgan fingerprint density at radius 3 is 2.45 bits per heavy atom. The van der Waals surface area contributed by atoms with E-state index in [1.54, 1.807) is 11.9 Å². The number of carbonyl (C=O) groups excluding carboxylic acids is 2. The third-order valence-electron chi connectivity index (χ3n) is 6.50.